The highest BCUT2D eigenvalue weighted by Gasteiger charge is 2.18. The molecular weight excluding hydrogens is 294 g/mol. The van der Waals surface area contributed by atoms with Crippen molar-refractivity contribution in [1.29, 1.82) is 0 Å². The van der Waals surface area contributed by atoms with Crippen molar-refractivity contribution in [2.45, 2.75) is 26.2 Å². The molecule has 2 rings (SSSR count). The number of benzene rings is 1. The Kier molecular flexibility index (Phi) is 6.72. The van der Waals surface area contributed by atoms with Crippen molar-refractivity contribution in [3.63, 3.8) is 0 Å². The van der Waals surface area contributed by atoms with Crippen LogP contribution in [0.2, 0.25) is 0 Å². The molecule has 1 aromatic rings. The minimum atomic E-state index is -0.203. The maximum atomic E-state index is 11.6. The van der Waals surface area contributed by atoms with Crippen LogP contribution in [0.5, 0.6) is 5.75 Å². The van der Waals surface area contributed by atoms with Gasteiger partial charge in [-0.3, -0.25) is 4.79 Å². The fourth-order valence-corrected chi connectivity index (χ4v) is 2.51. The molecule has 0 aromatic heterocycles. The van der Waals surface area contributed by atoms with Crippen molar-refractivity contribution in [3.8, 4) is 5.75 Å². The van der Waals surface area contributed by atoms with E-state index < -0.39 is 0 Å². The first-order chi connectivity index (χ1) is 11.1. The molecule has 2 N–H and O–H groups in total. The SMILES string of the molecule is Cc1cccc(OCCNC(=O)NCCCN2CCCC2=O)c1. The van der Waals surface area contributed by atoms with Crippen LogP contribution >= 0.6 is 0 Å². The fourth-order valence-electron chi connectivity index (χ4n) is 2.51. The van der Waals surface area contributed by atoms with E-state index >= 15 is 0 Å². The number of carbonyl (C=O) groups is 2. The number of aryl methyl sites for hydroxylation is 1. The number of nitrogens with zero attached hydrogens (tertiary/aromatic N) is 1. The molecule has 1 fully saturated rings. The summed E-state index contributed by atoms with van der Waals surface area (Å²) in [7, 11) is 0. The number of hydrogen-bond donors (Lipinski definition) is 2. The molecule has 0 radical (unpaired) electrons. The minimum Gasteiger partial charge on any atom is -0.492 e. The summed E-state index contributed by atoms with van der Waals surface area (Å²) in [5.74, 6) is 1.03. The van der Waals surface area contributed by atoms with Crippen LogP contribution < -0.4 is 15.4 Å². The topological polar surface area (TPSA) is 70.7 Å². The molecule has 0 aliphatic carbocycles. The summed E-state index contributed by atoms with van der Waals surface area (Å²) >= 11 is 0. The lowest BCUT2D eigenvalue weighted by molar-refractivity contribution is -0.127. The van der Waals surface area contributed by atoms with Crippen molar-refractivity contribution in [2.75, 3.05) is 32.8 Å². The molecule has 0 unspecified atom stereocenters. The van der Waals surface area contributed by atoms with Crippen LogP contribution in [0.4, 0.5) is 4.79 Å². The van der Waals surface area contributed by atoms with E-state index in [0.29, 0.717) is 26.1 Å². The average Bonchev–Trinajstić information content (AvgIpc) is 2.93. The van der Waals surface area contributed by atoms with E-state index in [4.69, 9.17) is 4.74 Å². The molecule has 1 saturated heterocycles. The van der Waals surface area contributed by atoms with Gasteiger partial charge in [-0.15, -0.1) is 0 Å². The van der Waals surface area contributed by atoms with Gasteiger partial charge in [0.25, 0.3) is 0 Å². The second-order valence-corrected chi connectivity index (χ2v) is 5.69. The van der Waals surface area contributed by atoms with E-state index in [2.05, 4.69) is 10.6 Å². The van der Waals surface area contributed by atoms with E-state index in [1.54, 1.807) is 0 Å². The summed E-state index contributed by atoms with van der Waals surface area (Å²) in [6.45, 7) is 5.02. The van der Waals surface area contributed by atoms with Crippen molar-refractivity contribution in [3.05, 3.63) is 29.8 Å². The number of urea groups is 1. The Morgan fingerprint density at radius 1 is 1.30 bits per heavy atom. The summed E-state index contributed by atoms with van der Waals surface area (Å²) in [5.41, 5.74) is 1.14. The molecule has 0 spiro atoms. The molecule has 1 aliphatic rings. The second kappa shape index (κ2) is 9.02. The average molecular weight is 319 g/mol. The normalized spacial score (nSPS) is 14.0. The van der Waals surface area contributed by atoms with Gasteiger partial charge in [-0.2, -0.15) is 0 Å². The van der Waals surface area contributed by atoms with Crippen molar-refractivity contribution in [2.24, 2.45) is 0 Å². The molecular formula is C17H25N3O3. The van der Waals surface area contributed by atoms with Gasteiger partial charge in [0.05, 0.1) is 6.54 Å². The molecule has 1 heterocycles. The molecule has 126 valence electrons. The zero-order valence-electron chi connectivity index (χ0n) is 13.6. The zero-order valence-corrected chi connectivity index (χ0v) is 13.6. The van der Waals surface area contributed by atoms with Gasteiger partial charge in [0.1, 0.15) is 12.4 Å². The van der Waals surface area contributed by atoms with Crippen LogP contribution in [-0.4, -0.2) is 49.6 Å². The van der Waals surface area contributed by atoms with Gasteiger partial charge >= 0.3 is 6.03 Å². The summed E-state index contributed by atoms with van der Waals surface area (Å²) in [4.78, 5) is 24.9. The number of likely N-dealkylation sites (tertiary alicyclic amines) is 1. The third-order valence-electron chi connectivity index (χ3n) is 3.71. The molecule has 1 aliphatic heterocycles. The number of nitrogens with one attached hydrogen (secondary N) is 2. The third kappa shape index (κ3) is 6.18. The summed E-state index contributed by atoms with van der Waals surface area (Å²) < 4.78 is 5.56. The van der Waals surface area contributed by atoms with Crippen LogP contribution in [-0.2, 0) is 4.79 Å². The number of hydrogen-bond acceptors (Lipinski definition) is 3. The van der Waals surface area contributed by atoms with E-state index in [1.807, 2.05) is 36.1 Å². The Morgan fingerprint density at radius 2 is 2.13 bits per heavy atom. The Labute approximate surface area is 137 Å². The molecule has 0 atom stereocenters. The van der Waals surface area contributed by atoms with Gasteiger partial charge in [-0.25, -0.2) is 4.79 Å². The van der Waals surface area contributed by atoms with Gasteiger partial charge in [0, 0.05) is 26.1 Å². The number of ether oxygens (including phenoxy) is 1. The number of amides is 3. The molecule has 23 heavy (non-hydrogen) atoms. The first kappa shape index (κ1) is 17.1. The fraction of sp³-hybridized carbons (Fsp3) is 0.529. The summed E-state index contributed by atoms with van der Waals surface area (Å²) in [5, 5.41) is 5.53. The standard InChI is InChI=1S/C17H25N3O3/c1-14-5-2-6-15(13-14)23-12-9-19-17(22)18-8-4-11-20-10-3-7-16(20)21/h2,5-6,13H,3-4,7-12H2,1H3,(H2,18,19,22). The number of rotatable bonds is 8. The predicted octanol–water partition coefficient (Wildman–Crippen LogP) is 1.69. The van der Waals surface area contributed by atoms with Gasteiger partial charge < -0.3 is 20.3 Å². The quantitative estimate of drug-likeness (QED) is 0.716. The summed E-state index contributed by atoms with van der Waals surface area (Å²) in [6, 6.07) is 7.60. The molecule has 6 heteroatoms. The lowest BCUT2D eigenvalue weighted by Gasteiger charge is -2.15. The van der Waals surface area contributed by atoms with E-state index in [1.165, 1.54) is 0 Å². The molecule has 3 amide bonds. The van der Waals surface area contributed by atoms with Gasteiger partial charge in [0.15, 0.2) is 0 Å². The van der Waals surface area contributed by atoms with E-state index in [-0.39, 0.29) is 11.9 Å². The van der Waals surface area contributed by atoms with Crippen LogP contribution in [0, 0.1) is 6.92 Å². The lowest BCUT2D eigenvalue weighted by Crippen LogP contribution is -2.39. The monoisotopic (exact) mass is 319 g/mol. The van der Waals surface area contributed by atoms with Gasteiger partial charge in [0.2, 0.25) is 5.91 Å². The second-order valence-electron chi connectivity index (χ2n) is 5.69. The van der Waals surface area contributed by atoms with Crippen molar-refractivity contribution >= 4 is 11.9 Å². The maximum absolute atomic E-state index is 11.6. The maximum Gasteiger partial charge on any atom is 0.314 e. The smallest absolute Gasteiger partial charge is 0.314 e. The molecule has 0 bridgehead atoms. The Bertz CT molecular complexity index is 534. The molecule has 1 aromatic carbocycles. The van der Waals surface area contributed by atoms with Crippen LogP contribution in [0.25, 0.3) is 0 Å². The van der Waals surface area contributed by atoms with Crippen LogP contribution in [0.1, 0.15) is 24.8 Å². The van der Waals surface area contributed by atoms with E-state index in [0.717, 1.165) is 37.2 Å². The molecule has 6 nitrogen and oxygen atoms in total. The third-order valence-corrected chi connectivity index (χ3v) is 3.71. The lowest BCUT2D eigenvalue weighted by atomic mass is 10.2. The largest absolute Gasteiger partial charge is 0.492 e. The summed E-state index contributed by atoms with van der Waals surface area (Å²) in [6.07, 6.45) is 2.39. The molecule has 0 saturated carbocycles. The zero-order chi connectivity index (χ0) is 16.5. The highest BCUT2D eigenvalue weighted by atomic mass is 16.5. The Hall–Kier alpha value is -2.24. The van der Waals surface area contributed by atoms with Crippen LogP contribution in [0.3, 0.4) is 0 Å². The first-order valence-electron chi connectivity index (χ1n) is 8.14. The van der Waals surface area contributed by atoms with Crippen molar-refractivity contribution in [1.82, 2.24) is 15.5 Å². The van der Waals surface area contributed by atoms with Gasteiger partial charge in [-0.05, 0) is 37.5 Å². The number of carbonyl (C=O) groups excluding carboxylic acids is 2. The Balaban J connectivity index is 1.49. The highest BCUT2D eigenvalue weighted by molar-refractivity contribution is 5.78. The minimum absolute atomic E-state index is 0.203. The Morgan fingerprint density at radius 3 is 2.87 bits per heavy atom. The van der Waals surface area contributed by atoms with Gasteiger partial charge in [-0.1, -0.05) is 12.1 Å². The highest BCUT2D eigenvalue weighted by Crippen LogP contribution is 2.11. The first-order valence-corrected chi connectivity index (χ1v) is 8.14. The van der Waals surface area contributed by atoms with E-state index in [9.17, 15) is 9.59 Å². The van der Waals surface area contributed by atoms with Crippen LogP contribution in [0.15, 0.2) is 24.3 Å². The van der Waals surface area contributed by atoms with Crippen molar-refractivity contribution < 1.29 is 14.3 Å². The predicted molar refractivity (Wildman–Crippen MR) is 88.5 cm³/mol.